The average Bonchev–Trinajstić information content (AvgIpc) is 2.92. The van der Waals surface area contributed by atoms with Crippen LogP contribution in [-0.2, 0) is 23.8 Å². The van der Waals surface area contributed by atoms with E-state index in [2.05, 4.69) is 13.2 Å². The second kappa shape index (κ2) is 14.7. The largest absolute Gasteiger partial charge is 0.502 e. The first-order valence-corrected chi connectivity index (χ1v) is 12.8. The summed E-state index contributed by atoms with van der Waals surface area (Å²) in [4.78, 5) is 23.8. The van der Waals surface area contributed by atoms with Crippen LogP contribution in [0.25, 0.3) is 0 Å². The zero-order valence-corrected chi connectivity index (χ0v) is 21.1. The zero-order valence-electron chi connectivity index (χ0n) is 21.1. The van der Waals surface area contributed by atoms with Gasteiger partial charge in [-0.2, -0.15) is 0 Å². The molecule has 0 radical (unpaired) electrons. The molecule has 0 amide bonds. The van der Waals surface area contributed by atoms with Crippen LogP contribution >= 0.6 is 0 Å². The summed E-state index contributed by atoms with van der Waals surface area (Å²) in [5, 5.41) is 0. The van der Waals surface area contributed by atoms with Gasteiger partial charge in [0.05, 0.1) is 37.1 Å². The normalized spacial score (nSPS) is 23.6. The van der Waals surface area contributed by atoms with Crippen LogP contribution in [0.1, 0.15) is 63.4 Å². The van der Waals surface area contributed by atoms with Crippen molar-refractivity contribution in [2.75, 3.05) is 20.0 Å². The number of rotatable bonds is 13. The number of benzene rings is 1. The fraction of sp³-hybridized carbons (Fsp3) is 0.571. The van der Waals surface area contributed by atoms with Crippen LogP contribution in [0.2, 0.25) is 0 Å². The minimum absolute atomic E-state index is 0.00236. The van der Waals surface area contributed by atoms with Crippen molar-refractivity contribution in [2.45, 2.75) is 63.9 Å². The summed E-state index contributed by atoms with van der Waals surface area (Å²) in [5.74, 6) is -0.548. The highest BCUT2D eigenvalue weighted by atomic mass is 19.3. The number of hydrogen-bond acceptors (Lipinski definition) is 7. The molecule has 0 aromatic heterocycles. The Morgan fingerprint density at radius 2 is 1.65 bits per heavy atom. The summed E-state index contributed by atoms with van der Waals surface area (Å²) in [7, 11) is 0. The standard InChI is InChI=1S/C28H36F2O7/c1-3-26(31)34-17-20-5-9-21(10-6-20)28(32)37-23-13-14-25(24(15-23)27(29)30)36-18-35-22-11-7-19(8-12-22)16-33-4-2/h3-4,13-15,19-22,27H,1-2,5-12,16-18H2. The van der Waals surface area contributed by atoms with Gasteiger partial charge in [0.1, 0.15) is 11.5 Å². The second-order valence-corrected chi connectivity index (χ2v) is 9.54. The van der Waals surface area contributed by atoms with Crippen molar-refractivity contribution in [1.82, 2.24) is 0 Å². The third-order valence-electron chi connectivity index (χ3n) is 7.00. The molecule has 9 heteroatoms. The molecule has 37 heavy (non-hydrogen) atoms. The summed E-state index contributed by atoms with van der Waals surface area (Å²) < 4.78 is 54.4. The lowest BCUT2D eigenvalue weighted by atomic mass is 9.82. The molecule has 1 aromatic rings. The summed E-state index contributed by atoms with van der Waals surface area (Å²) >= 11 is 0. The van der Waals surface area contributed by atoms with Gasteiger partial charge >= 0.3 is 11.9 Å². The van der Waals surface area contributed by atoms with Crippen molar-refractivity contribution in [2.24, 2.45) is 17.8 Å². The molecule has 204 valence electrons. The van der Waals surface area contributed by atoms with E-state index in [1.54, 1.807) is 0 Å². The molecule has 0 unspecified atom stereocenters. The second-order valence-electron chi connectivity index (χ2n) is 9.54. The van der Waals surface area contributed by atoms with E-state index in [9.17, 15) is 18.4 Å². The van der Waals surface area contributed by atoms with Gasteiger partial charge in [0.15, 0.2) is 6.79 Å². The van der Waals surface area contributed by atoms with Gasteiger partial charge < -0.3 is 23.7 Å². The zero-order chi connectivity index (χ0) is 26.6. The molecule has 0 saturated heterocycles. The van der Waals surface area contributed by atoms with Crippen LogP contribution in [-0.4, -0.2) is 38.0 Å². The first-order valence-electron chi connectivity index (χ1n) is 12.8. The molecule has 0 atom stereocenters. The molecule has 2 aliphatic carbocycles. The Labute approximate surface area is 216 Å². The molecule has 3 rings (SSSR count). The highest BCUT2D eigenvalue weighted by Crippen LogP contribution is 2.35. The lowest BCUT2D eigenvalue weighted by molar-refractivity contribution is -0.143. The molecule has 0 aliphatic heterocycles. The van der Waals surface area contributed by atoms with Gasteiger partial charge in [0.25, 0.3) is 6.43 Å². The Kier molecular flexibility index (Phi) is 11.4. The molecule has 0 N–H and O–H groups in total. The van der Waals surface area contributed by atoms with E-state index in [0.717, 1.165) is 37.8 Å². The number of alkyl halides is 2. The van der Waals surface area contributed by atoms with Crippen molar-refractivity contribution in [3.8, 4) is 11.5 Å². The molecule has 1 aromatic carbocycles. The quantitative estimate of drug-likeness (QED) is 0.101. The molecule has 7 nitrogen and oxygen atoms in total. The summed E-state index contributed by atoms with van der Waals surface area (Å²) in [6.45, 7) is 7.72. The molecule has 2 fully saturated rings. The number of hydrogen-bond donors (Lipinski definition) is 0. The number of halogens is 2. The number of carbonyl (C=O) groups excluding carboxylic acids is 2. The Bertz CT molecular complexity index is 904. The van der Waals surface area contributed by atoms with Crippen molar-refractivity contribution in [3.05, 3.63) is 49.3 Å². The van der Waals surface area contributed by atoms with Crippen LogP contribution in [0.5, 0.6) is 11.5 Å². The molecule has 0 bridgehead atoms. The monoisotopic (exact) mass is 522 g/mol. The smallest absolute Gasteiger partial charge is 0.330 e. The van der Waals surface area contributed by atoms with Crippen LogP contribution in [0.15, 0.2) is 43.7 Å². The molecule has 2 aliphatic rings. The molecular weight excluding hydrogens is 486 g/mol. The third kappa shape index (κ3) is 9.14. The Morgan fingerprint density at radius 3 is 2.30 bits per heavy atom. The molecular formula is C28H36F2O7. The highest BCUT2D eigenvalue weighted by Gasteiger charge is 2.29. The van der Waals surface area contributed by atoms with Crippen LogP contribution < -0.4 is 9.47 Å². The number of ether oxygens (including phenoxy) is 5. The topological polar surface area (TPSA) is 80.3 Å². The van der Waals surface area contributed by atoms with Crippen molar-refractivity contribution < 1.29 is 42.1 Å². The summed E-state index contributed by atoms with van der Waals surface area (Å²) in [5.41, 5.74) is -0.355. The maximum Gasteiger partial charge on any atom is 0.330 e. The summed E-state index contributed by atoms with van der Waals surface area (Å²) in [6.07, 6.45) is 6.00. The Balaban J connectivity index is 1.44. The molecule has 2 saturated carbocycles. The number of carbonyl (C=O) groups is 2. The van der Waals surface area contributed by atoms with E-state index in [1.807, 2.05) is 0 Å². The van der Waals surface area contributed by atoms with Gasteiger partial charge in [-0.3, -0.25) is 4.79 Å². The predicted molar refractivity (Wildman–Crippen MR) is 132 cm³/mol. The van der Waals surface area contributed by atoms with E-state index in [-0.39, 0.29) is 41.8 Å². The fourth-order valence-corrected chi connectivity index (χ4v) is 4.78. The molecule has 0 spiro atoms. The van der Waals surface area contributed by atoms with Gasteiger partial charge in [0.2, 0.25) is 0 Å². The first kappa shape index (κ1) is 28.6. The van der Waals surface area contributed by atoms with E-state index in [0.29, 0.717) is 44.8 Å². The van der Waals surface area contributed by atoms with Crippen molar-refractivity contribution in [1.29, 1.82) is 0 Å². The van der Waals surface area contributed by atoms with E-state index < -0.39 is 18.4 Å². The fourth-order valence-electron chi connectivity index (χ4n) is 4.78. The van der Waals surface area contributed by atoms with E-state index in [1.165, 1.54) is 18.4 Å². The minimum Gasteiger partial charge on any atom is -0.502 e. The Hall–Kier alpha value is -2.94. The maximum absolute atomic E-state index is 13.7. The third-order valence-corrected chi connectivity index (χ3v) is 7.00. The van der Waals surface area contributed by atoms with E-state index >= 15 is 0 Å². The van der Waals surface area contributed by atoms with Crippen LogP contribution in [0.4, 0.5) is 8.78 Å². The molecule has 0 heterocycles. The SMILES string of the molecule is C=COCC1CCC(OCOc2ccc(OC(=O)C3CCC(COC(=O)C=C)CC3)cc2C(F)F)CC1. The van der Waals surface area contributed by atoms with Crippen molar-refractivity contribution in [3.63, 3.8) is 0 Å². The minimum atomic E-state index is -2.80. The van der Waals surface area contributed by atoms with Gasteiger partial charge in [-0.15, -0.1) is 0 Å². The van der Waals surface area contributed by atoms with Crippen LogP contribution in [0.3, 0.4) is 0 Å². The summed E-state index contributed by atoms with van der Waals surface area (Å²) in [6, 6.07) is 3.97. The number of esters is 2. The van der Waals surface area contributed by atoms with Crippen molar-refractivity contribution >= 4 is 11.9 Å². The van der Waals surface area contributed by atoms with Gasteiger partial charge in [-0.25, -0.2) is 13.6 Å². The Morgan fingerprint density at radius 1 is 0.973 bits per heavy atom. The highest BCUT2D eigenvalue weighted by molar-refractivity contribution is 5.81. The maximum atomic E-state index is 13.7. The first-order chi connectivity index (χ1) is 17.9. The van der Waals surface area contributed by atoms with Gasteiger partial charge in [-0.1, -0.05) is 13.2 Å². The average molecular weight is 523 g/mol. The lowest BCUT2D eigenvalue weighted by Crippen LogP contribution is -2.27. The predicted octanol–water partition coefficient (Wildman–Crippen LogP) is 6.14. The van der Waals surface area contributed by atoms with Gasteiger partial charge in [0, 0.05) is 6.08 Å². The van der Waals surface area contributed by atoms with Gasteiger partial charge in [-0.05, 0) is 81.4 Å². The lowest BCUT2D eigenvalue weighted by Gasteiger charge is -2.28. The van der Waals surface area contributed by atoms with Crippen LogP contribution in [0, 0.1) is 17.8 Å². The van der Waals surface area contributed by atoms with E-state index in [4.69, 9.17) is 23.7 Å².